The number of amides is 1. The van der Waals surface area contributed by atoms with Crippen molar-refractivity contribution in [2.24, 2.45) is 11.5 Å². The van der Waals surface area contributed by atoms with Gasteiger partial charge in [0.1, 0.15) is 0 Å². The zero-order valence-corrected chi connectivity index (χ0v) is 11.7. The molecule has 1 amide bonds. The number of nitrogens with two attached hydrogens (primary N) is 2. The number of hydrogen-bond acceptors (Lipinski definition) is 4. The standard InChI is InChI=1S/C13H19ClN4O/c1-17-4-5-18(10(7-15)8-17)12-6-9(14)2-3-11(12)13(16)19/h2-3,6,10H,4-5,7-8,15H2,1H3,(H2,16,19). The molecule has 1 saturated heterocycles. The van der Waals surface area contributed by atoms with Gasteiger partial charge in [-0.1, -0.05) is 11.6 Å². The summed E-state index contributed by atoms with van der Waals surface area (Å²) in [4.78, 5) is 15.9. The number of rotatable bonds is 3. The lowest BCUT2D eigenvalue weighted by molar-refractivity contribution is 0.100. The van der Waals surface area contributed by atoms with E-state index in [2.05, 4.69) is 16.8 Å². The number of benzene rings is 1. The van der Waals surface area contributed by atoms with Crippen molar-refractivity contribution in [2.75, 3.05) is 38.1 Å². The Balaban J connectivity index is 2.39. The molecule has 1 aromatic rings. The summed E-state index contributed by atoms with van der Waals surface area (Å²) >= 11 is 6.04. The first kappa shape index (κ1) is 14.1. The second kappa shape index (κ2) is 5.77. The van der Waals surface area contributed by atoms with Crippen molar-refractivity contribution in [2.45, 2.75) is 6.04 Å². The summed E-state index contributed by atoms with van der Waals surface area (Å²) in [5, 5.41) is 0.592. The van der Waals surface area contributed by atoms with E-state index in [4.69, 9.17) is 23.1 Å². The molecular weight excluding hydrogens is 264 g/mol. The van der Waals surface area contributed by atoms with Crippen molar-refractivity contribution in [3.05, 3.63) is 28.8 Å². The third-order valence-corrected chi connectivity index (χ3v) is 3.73. The lowest BCUT2D eigenvalue weighted by atomic mass is 10.1. The number of piperazine rings is 1. The summed E-state index contributed by atoms with van der Waals surface area (Å²) in [7, 11) is 2.06. The van der Waals surface area contributed by atoms with Gasteiger partial charge >= 0.3 is 0 Å². The van der Waals surface area contributed by atoms with Crippen LogP contribution in [0.25, 0.3) is 0 Å². The van der Waals surface area contributed by atoms with E-state index >= 15 is 0 Å². The molecule has 0 radical (unpaired) electrons. The molecule has 0 spiro atoms. The third-order valence-electron chi connectivity index (χ3n) is 3.49. The van der Waals surface area contributed by atoms with Crippen LogP contribution < -0.4 is 16.4 Å². The highest BCUT2D eigenvalue weighted by Crippen LogP contribution is 2.27. The first-order valence-electron chi connectivity index (χ1n) is 6.27. The van der Waals surface area contributed by atoms with Crippen LogP contribution in [0.15, 0.2) is 18.2 Å². The fourth-order valence-electron chi connectivity index (χ4n) is 2.48. The van der Waals surface area contributed by atoms with Gasteiger partial charge in [0.25, 0.3) is 5.91 Å². The minimum absolute atomic E-state index is 0.162. The van der Waals surface area contributed by atoms with E-state index in [9.17, 15) is 4.79 Å². The van der Waals surface area contributed by atoms with Crippen LogP contribution in [0.5, 0.6) is 0 Å². The number of hydrogen-bond donors (Lipinski definition) is 2. The lowest BCUT2D eigenvalue weighted by Crippen LogP contribution is -2.55. The quantitative estimate of drug-likeness (QED) is 0.847. The number of halogens is 1. The molecule has 1 fully saturated rings. The molecule has 1 aromatic carbocycles. The maximum atomic E-state index is 11.5. The number of anilines is 1. The zero-order valence-electron chi connectivity index (χ0n) is 11.0. The van der Waals surface area contributed by atoms with Crippen LogP contribution in [0.2, 0.25) is 5.02 Å². The molecule has 0 aromatic heterocycles. The highest BCUT2D eigenvalue weighted by molar-refractivity contribution is 6.31. The van der Waals surface area contributed by atoms with Crippen molar-refractivity contribution in [3.8, 4) is 0 Å². The van der Waals surface area contributed by atoms with Gasteiger partial charge in [0.15, 0.2) is 0 Å². The summed E-state index contributed by atoms with van der Waals surface area (Å²) in [5.41, 5.74) is 12.5. The van der Waals surface area contributed by atoms with Gasteiger partial charge in [-0.25, -0.2) is 0 Å². The molecule has 6 heteroatoms. The smallest absolute Gasteiger partial charge is 0.250 e. The number of carbonyl (C=O) groups is 1. The number of nitrogens with zero attached hydrogens (tertiary/aromatic N) is 2. The Morgan fingerprint density at radius 2 is 2.21 bits per heavy atom. The third kappa shape index (κ3) is 3.00. The van der Waals surface area contributed by atoms with Crippen molar-refractivity contribution >= 4 is 23.2 Å². The summed E-state index contributed by atoms with van der Waals surface area (Å²) in [5.74, 6) is -0.443. The van der Waals surface area contributed by atoms with Gasteiger partial charge in [-0.2, -0.15) is 0 Å². The monoisotopic (exact) mass is 282 g/mol. The van der Waals surface area contributed by atoms with Crippen molar-refractivity contribution < 1.29 is 4.79 Å². The maximum absolute atomic E-state index is 11.5. The maximum Gasteiger partial charge on any atom is 0.250 e. The molecule has 0 aliphatic carbocycles. The Labute approximate surface area is 118 Å². The number of likely N-dealkylation sites (N-methyl/N-ethyl adjacent to an activating group) is 1. The largest absolute Gasteiger partial charge is 0.366 e. The highest BCUT2D eigenvalue weighted by Gasteiger charge is 2.27. The molecule has 19 heavy (non-hydrogen) atoms. The SMILES string of the molecule is CN1CCN(c2cc(Cl)ccc2C(N)=O)C(CN)C1. The van der Waals surface area contributed by atoms with Gasteiger partial charge in [-0.05, 0) is 25.2 Å². The first-order valence-corrected chi connectivity index (χ1v) is 6.65. The van der Waals surface area contributed by atoms with E-state index in [0.29, 0.717) is 17.1 Å². The summed E-state index contributed by atoms with van der Waals surface area (Å²) in [6.45, 7) is 3.11. The molecule has 104 valence electrons. The molecule has 1 aliphatic rings. The van der Waals surface area contributed by atoms with Crippen LogP contribution in [0.4, 0.5) is 5.69 Å². The second-order valence-electron chi connectivity index (χ2n) is 4.87. The zero-order chi connectivity index (χ0) is 14.0. The van der Waals surface area contributed by atoms with Gasteiger partial charge < -0.3 is 21.3 Å². The van der Waals surface area contributed by atoms with Crippen LogP contribution in [0.3, 0.4) is 0 Å². The highest BCUT2D eigenvalue weighted by atomic mass is 35.5. The number of primary amides is 1. The topological polar surface area (TPSA) is 75.6 Å². The minimum atomic E-state index is -0.443. The molecule has 1 atom stereocenters. The summed E-state index contributed by atoms with van der Waals surface area (Å²) < 4.78 is 0. The van der Waals surface area contributed by atoms with Gasteiger partial charge in [0, 0.05) is 31.2 Å². The van der Waals surface area contributed by atoms with E-state index in [0.717, 1.165) is 25.3 Å². The van der Waals surface area contributed by atoms with Crippen molar-refractivity contribution in [1.82, 2.24) is 4.90 Å². The minimum Gasteiger partial charge on any atom is -0.366 e. The Hall–Kier alpha value is -1.30. The van der Waals surface area contributed by atoms with E-state index in [-0.39, 0.29) is 6.04 Å². The molecular formula is C13H19ClN4O. The van der Waals surface area contributed by atoms with Gasteiger partial charge in [0.2, 0.25) is 0 Å². The van der Waals surface area contributed by atoms with Crippen LogP contribution in [0, 0.1) is 0 Å². The fraction of sp³-hybridized carbons (Fsp3) is 0.462. The van der Waals surface area contributed by atoms with E-state index in [1.165, 1.54) is 0 Å². The summed E-state index contributed by atoms with van der Waals surface area (Å²) in [6, 6.07) is 5.30. The van der Waals surface area contributed by atoms with Crippen LogP contribution in [-0.2, 0) is 0 Å². The molecule has 4 N–H and O–H groups in total. The predicted octanol–water partition coefficient (Wildman–Crippen LogP) is 0.518. The lowest BCUT2D eigenvalue weighted by Gasteiger charge is -2.41. The average molecular weight is 283 g/mol. The Morgan fingerprint density at radius 3 is 2.84 bits per heavy atom. The van der Waals surface area contributed by atoms with Crippen molar-refractivity contribution in [3.63, 3.8) is 0 Å². The Kier molecular flexibility index (Phi) is 4.29. The molecule has 1 aliphatic heterocycles. The Bertz CT molecular complexity index is 480. The molecule has 1 heterocycles. The van der Waals surface area contributed by atoms with E-state index in [1.807, 2.05) is 0 Å². The fourth-order valence-corrected chi connectivity index (χ4v) is 2.65. The number of carbonyl (C=O) groups excluding carboxylic acids is 1. The van der Waals surface area contributed by atoms with Crippen LogP contribution in [0.1, 0.15) is 10.4 Å². The van der Waals surface area contributed by atoms with E-state index < -0.39 is 5.91 Å². The molecule has 5 nitrogen and oxygen atoms in total. The molecule has 0 saturated carbocycles. The predicted molar refractivity (Wildman–Crippen MR) is 77.7 cm³/mol. The molecule has 0 bridgehead atoms. The molecule has 2 rings (SSSR count). The van der Waals surface area contributed by atoms with E-state index in [1.54, 1.807) is 18.2 Å². The normalized spacial score (nSPS) is 20.6. The molecule has 1 unspecified atom stereocenters. The van der Waals surface area contributed by atoms with Crippen molar-refractivity contribution in [1.29, 1.82) is 0 Å². The first-order chi connectivity index (χ1) is 9.02. The second-order valence-corrected chi connectivity index (χ2v) is 5.31. The Morgan fingerprint density at radius 1 is 1.47 bits per heavy atom. The average Bonchev–Trinajstić information content (AvgIpc) is 2.38. The van der Waals surface area contributed by atoms with Crippen LogP contribution in [-0.4, -0.2) is 50.1 Å². The summed E-state index contributed by atoms with van der Waals surface area (Å²) in [6.07, 6.45) is 0. The van der Waals surface area contributed by atoms with Gasteiger partial charge in [0.05, 0.1) is 17.3 Å². The van der Waals surface area contributed by atoms with Crippen LogP contribution >= 0.6 is 11.6 Å². The van der Waals surface area contributed by atoms with Gasteiger partial charge in [-0.3, -0.25) is 4.79 Å². The van der Waals surface area contributed by atoms with Gasteiger partial charge in [-0.15, -0.1) is 0 Å².